The third-order valence-electron chi connectivity index (χ3n) is 3.53. The molecular weight excluding hydrogens is 212 g/mol. The zero-order chi connectivity index (χ0) is 12.3. The lowest BCUT2D eigenvalue weighted by Gasteiger charge is -2.21. The van der Waals surface area contributed by atoms with Gasteiger partial charge in [0.2, 0.25) is 0 Å². The van der Waals surface area contributed by atoms with E-state index >= 15 is 0 Å². The topological polar surface area (TPSA) is 26.3 Å². The molecule has 0 heterocycles. The second kappa shape index (κ2) is 5.35. The van der Waals surface area contributed by atoms with Crippen LogP contribution < -0.4 is 4.74 Å². The second-order valence-corrected chi connectivity index (χ2v) is 5.02. The van der Waals surface area contributed by atoms with Gasteiger partial charge in [-0.3, -0.25) is 4.79 Å². The minimum atomic E-state index is 0.424. The van der Waals surface area contributed by atoms with Gasteiger partial charge in [0.15, 0.2) is 0 Å². The van der Waals surface area contributed by atoms with Crippen molar-refractivity contribution in [2.24, 2.45) is 5.92 Å². The third kappa shape index (κ3) is 3.09. The zero-order valence-corrected chi connectivity index (χ0v) is 10.7. The van der Waals surface area contributed by atoms with Crippen LogP contribution in [-0.4, -0.2) is 12.9 Å². The van der Waals surface area contributed by atoms with Crippen molar-refractivity contribution >= 4 is 5.78 Å². The molecule has 2 nitrogen and oxygen atoms in total. The summed E-state index contributed by atoms with van der Waals surface area (Å²) in [7, 11) is 1.71. The van der Waals surface area contributed by atoms with Gasteiger partial charge in [0, 0.05) is 12.8 Å². The van der Waals surface area contributed by atoms with Crippen LogP contribution >= 0.6 is 0 Å². The smallest absolute Gasteiger partial charge is 0.133 e. The van der Waals surface area contributed by atoms with Crippen LogP contribution in [0.2, 0.25) is 0 Å². The first-order valence-corrected chi connectivity index (χ1v) is 6.34. The Kier molecular flexibility index (Phi) is 3.82. The van der Waals surface area contributed by atoms with E-state index in [0.29, 0.717) is 11.7 Å². The van der Waals surface area contributed by atoms with E-state index in [4.69, 9.17) is 4.74 Å². The highest BCUT2D eigenvalue weighted by Crippen LogP contribution is 2.29. The molecule has 0 amide bonds. The number of carbonyl (C=O) groups excluding carboxylic acids is 1. The van der Waals surface area contributed by atoms with Gasteiger partial charge in [0.05, 0.1) is 7.11 Å². The molecule has 92 valence electrons. The number of ketones is 1. The molecule has 0 saturated heterocycles. The average Bonchev–Trinajstić information content (AvgIpc) is 2.29. The Morgan fingerprint density at radius 2 is 2.24 bits per heavy atom. The second-order valence-electron chi connectivity index (χ2n) is 5.02. The quantitative estimate of drug-likeness (QED) is 0.799. The molecule has 1 fully saturated rings. The molecule has 1 aromatic rings. The molecule has 2 heteroatoms. The molecule has 0 N–H and O–H groups in total. The average molecular weight is 232 g/mol. The molecule has 1 saturated carbocycles. The van der Waals surface area contributed by atoms with E-state index in [9.17, 15) is 4.79 Å². The first-order chi connectivity index (χ1) is 8.19. The van der Waals surface area contributed by atoms with Crippen molar-refractivity contribution in [3.8, 4) is 5.75 Å². The normalized spacial score (nSPS) is 20.4. The van der Waals surface area contributed by atoms with E-state index in [0.717, 1.165) is 31.4 Å². The van der Waals surface area contributed by atoms with Crippen LogP contribution in [0.5, 0.6) is 5.75 Å². The minimum absolute atomic E-state index is 0.424. The van der Waals surface area contributed by atoms with Crippen molar-refractivity contribution in [1.29, 1.82) is 0 Å². The van der Waals surface area contributed by atoms with Crippen LogP contribution in [0.4, 0.5) is 0 Å². The number of Topliss-reactive ketones (excluding diaryl/α,β-unsaturated/α-hetero) is 1. The summed E-state index contributed by atoms with van der Waals surface area (Å²) >= 11 is 0. The van der Waals surface area contributed by atoms with Crippen LogP contribution in [0.15, 0.2) is 18.2 Å². The Morgan fingerprint density at radius 3 is 2.94 bits per heavy atom. The number of ether oxygens (including phenoxy) is 1. The molecule has 1 atom stereocenters. The molecule has 17 heavy (non-hydrogen) atoms. The standard InChI is InChI=1S/C15H20O2/c1-11-6-7-15(17-2)13(8-11)9-12-4-3-5-14(16)10-12/h6-8,12H,3-5,9-10H2,1-2H3. The van der Waals surface area contributed by atoms with Gasteiger partial charge in [-0.2, -0.15) is 0 Å². The molecular formula is C15H20O2. The molecule has 0 radical (unpaired) electrons. The summed E-state index contributed by atoms with van der Waals surface area (Å²) in [5.41, 5.74) is 2.50. The molecule has 1 unspecified atom stereocenters. The van der Waals surface area contributed by atoms with Crippen molar-refractivity contribution in [2.45, 2.75) is 39.0 Å². The summed E-state index contributed by atoms with van der Waals surface area (Å²) in [6.07, 6.45) is 4.72. The van der Waals surface area contributed by atoms with E-state index in [-0.39, 0.29) is 0 Å². The van der Waals surface area contributed by atoms with Crippen LogP contribution in [0, 0.1) is 12.8 Å². The fraction of sp³-hybridized carbons (Fsp3) is 0.533. The maximum atomic E-state index is 11.5. The summed E-state index contributed by atoms with van der Waals surface area (Å²) in [6, 6.07) is 6.27. The summed E-state index contributed by atoms with van der Waals surface area (Å²) < 4.78 is 5.38. The van der Waals surface area contributed by atoms with Crippen molar-refractivity contribution in [3.63, 3.8) is 0 Å². The first kappa shape index (κ1) is 12.2. The molecule has 0 aromatic heterocycles. The number of hydrogen-bond donors (Lipinski definition) is 0. The van der Waals surface area contributed by atoms with Gasteiger partial charge in [0.25, 0.3) is 0 Å². The lowest BCUT2D eigenvalue weighted by atomic mass is 9.84. The molecule has 1 aliphatic carbocycles. The molecule has 1 aliphatic rings. The number of rotatable bonds is 3. The molecule has 0 aliphatic heterocycles. The SMILES string of the molecule is COc1ccc(C)cc1CC1CCCC(=O)C1. The summed E-state index contributed by atoms with van der Waals surface area (Å²) in [6.45, 7) is 2.09. The van der Waals surface area contributed by atoms with Gasteiger partial charge in [-0.05, 0) is 43.7 Å². The number of methoxy groups -OCH3 is 1. The zero-order valence-electron chi connectivity index (χ0n) is 10.7. The summed E-state index contributed by atoms with van der Waals surface area (Å²) in [4.78, 5) is 11.5. The van der Waals surface area contributed by atoms with Crippen LogP contribution in [0.25, 0.3) is 0 Å². The molecule has 0 bridgehead atoms. The van der Waals surface area contributed by atoms with Gasteiger partial charge < -0.3 is 4.74 Å². The van der Waals surface area contributed by atoms with Gasteiger partial charge in [-0.1, -0.05) is 17.7 Å². The fourth-order valence-electron chi connectivity index (χ4n) is 2.67. The molecule has 2 rings (SSSR count). The Labute approximate surface area is 103 Å². The van der Waals surface area contributed by atoms with Gasteiger partial charge >= 0.3 is 0 Å². The van der Waals surface area contributed by atoms with Crippen molar-refractivity contribution < 1.29 is 9.53 Å². The minimum Gasteiger partial charge on any atom is -0.496 e. The van der Waals surface area contributed by atoms with Crippen LogP contribution in [-0.2, 0) is 11.2 Å². The Bertz CT molecular complexity index is 409. The maximum absolute atomic E-state index is 11.5. The van der Waals surface area contributed by atoms with Crippen molar-refractivity contribution in [1.82, 2.24) is 0 Å². The van der Waals surface area contributed by atoms with E-state index in [2.05, 4.69) is 19.1 Å². The predicted molar refractivity (Wildman–Crippen MR) is 68.4 cm³/mol. The van der Waals surface area contributed by atoms with E-state index in [1.54, 1.807) is 7.11 Å². The largest absolute Gasteiger partial charge is 0.496 e. The number of carbonyl (C=O) groups is 1. The Hall–Kier alpha value is -1.31. The first-order valence-electron chi connectivity index (χ1n) is 6.34. The Balaban J connectivity index is 2.11. The van der Waals surface area contributed by atoms with Gasteiger partial charge in [-0.25, -0.2) is 0 Å². The van der Waals surface area contributed by atoms with E-state index < -0.39 is 0 Å². The lowest BCUT2D eigenvalue weighted by molar-refractivity contribution is -0.121. The highest BCUT2D eigenvalue weighted by atomic mass is 16.5. The summed E-state index contributed by atoms with van der Waals surface area (Å²) in [5, 5.41) is 0. The summed E-state index contributed by atoms with van der Waals surface area (Å²) in [5.74, 6) is 1.88. The monoisotopic (exact) mass is 232 g/mol. The number of benzene rings is 1. The third-order valence-corrected chi connectivity index (χ3v) is 3.53. The number of hydrogen-bond acceptors (Lipinski definition) is 2. The number of aryl methyl sites for hydroxylation is 1. The van der Waals surface area contributed by atoms with Crippen molar-refractivity contribution in [3.05, 3.63) is 29.3 Å². The van der Waals surface area contributed by atoms with Crippen LogP contribution in [0.1, 0.15) is 36.8 Å². The lowest BCUT2D eigenvalue weighted by Crippen LogP contribution is -2.17. The van der Waals surface area contributed by atoms with Gasteiger partial charge in [-0.15, -0.1) is 0 Å². The van der Waals surface area contributed by atoms with Crippen LogP contribution in [0.3, 0.4) is 0 Å². The van der Waals surface area contributed by atoms with Gasteiger partial charge in [0.1, 0.15) is 11.5 Å². The highest BCUT2D eigenvalue weighted by molar-refractivity contribution is 5.79. The van der Waals surface area contributed by atoms with E-state index in [1.807, 2.05) is 6.07 Å². The van der Waals surface area contributed by atoms with E-state index in [1.165, 1.54) is 17.5 Å². The maximum Gasteiger partial charge on any atom is 0.133 e. The molecule has 1 aromatic carbocycles. The molecule has 0 spiro atoms. The Morgan fingerprint density at radius 1 is 1.41 bits per heavy atom. The predicted octanol–water partition coefficient (Wildman–Crippen LogP) is 3.31. The van der Waals surface area contributed by atoms with Crippen molar-refractivity contribution in [2.75, 3.05) is 7.11 Å². The fourth-order valence-corrected chi connectivity index (χ4v) is 2.67. The highest BCUT2D eigenvalue weighted by Gasteiger charge is 2.20.